The van der Waals surface area contributed by atoms with Crippen LogP contribution < -0.4 is 10.5 Å². The number of hydrogen-bond donors (Lipinski definition) is 2. The smallest absolute Gasteiger partial charge is 0.225 e. The van der Waals surface area contributed by atoms with Crippen molar-refractivity contribution >= 4 is 15.9 Å². The Morgan fingerprint density at radius 2 is 1.71 bits per heavy atom. The predicted octanol–water partition coefficient (Wildman–Crippen LogP) is 0.292. The second-order valence-corrected chi connectivity index (χ2v) is 8.22. The van der Waals surface area contributed by atoms with Crippen LogP contribution in [0.1, 0.15) is 38.5 Å². The van der Waals surface area contributed by atoms with Crippen molar-refractivity contribution < 1.29 is 13.2 Å². The zero-order valence-electron chi connectivity index (χ0n) is 12.8. The summed E-state index contributed by atoms with van der Waals surface area (Å²) in [6.45, 7) is 2.04. The first-order valence-electron chi connectivity index (χ1n) is 7.85. The van der Waals surface area contributed by atoms with Crippen LogP contribution in [0.25, 0.3) is 0 Å². The minimum absolute atomic E-state index is 0.0305. The third kappa shape index (κ3) is 4.93. The molecule has 0 unspecified atom stereocenters. The summed E-state index contributed by atoms with van der Waals surface area (Å²) >= 11 is 0. The molecule has 1 saturated heterocycles. The zero-order chi connectivity index (χ0) is 15.5. The van der Waals surface area contributed by atoms with Crippen molar-refractivity contribution in [3.05, 3.63) is 0 Å². The minimum atomic E-state index is -3.16. The summed E-state index contributed by atoms with van der Waals surface area (Å²) in [6, 6.07) is -0.0305. The van der Waals surface area contributed by atoms with Gasteiger partial charge in [0.15, 0.2) is 0 Å². The SMILES string of the molecule is CS(=O)(=O)NC1CCN(C(=O)C2CCC(CN)CC2)CC1. The van der Waals surface area contributed by atoms with Gasteiger partial charge in [-0.25, -0.2) is 13.1 Å². The Labute approximate surface area is 127 Å². The number of hydrogen-bond acceptors (Lipinski definition) is 4. The van der Waals surface area contributed by atoms with E-state index in [-0.39, 0.29) is 17.9 Å². The molecule has 6 nitrogen and oxygen atoms in total. The Morgan fingerprint density at radius 3 is 2.19 bits per heavy atom. The summed E-state index contributed by atoms with van der Waals surface area (Å²) in [4.78, 5) is 14.4. The highest BCUT2D eigenvalue weighted by Gasteiger charge is 2.31. The van der Waals surface area contributed by atoms with Gasteiger partial charge < -0.3 is 10.6 Å². The van der Waals surface area contributed by atoms with Crippen LogP contribution in [0, 0.1) is 11.8 Å². The van der Waals surface area contributed by atoms with E-state index >= 15 is 0 Å². The van der Waals surface area contributed by atoms with Crippen LogP contribution in [-0.4, -0.2) is 51.2 Å². The zero-order valence-corrected chi connectivity index (χ0v) is 13.6. The molecule has 0 aromatic carbocycles. The van der Waals surface area contributed by atoms with E-state index in [0.717, 1.165) is 32.2 Å². The van der Waals surface area contributed by atoms with Crippen LogP contribution in [0.3, 0.4) is 0 Å². The summed E-state index contributed by atoms with van der Waals surface area (Å²) in [5.41, 5.74) is 5.68. The Balaban J connectivity index is 1.78. The Morgan fingerprint density at radius 1 is 1.14 bits per heavy atom. The number of sulfonamides is 1. The topological polar surface area (TPSA) is 92.5 Å². The van der Waals surface area contributed by atoms with E-state index in [0.29, 0.717) is 31.8 Å². The summed E-state index contributed by atoms with van der Waals surface area (Å²) in [5, 5.41) is 0. The van der Waals surface area contributed by atoms with Gasteiger partial charge in [0.2, 0.25) is 15.9 Å². The number of likely N-dealkylation sites (tertiary alicyclic amines) is 1. The van der Waals surface area contributed by atoms with Crippen molar-refractivity contribution in [3.8, 4) is 0 Å². The third-order valence-electron chi connectivity index (χ3n) is 4.72. The Hall–Kier alpha value is -0.660. The molecule has 21 heavy (non-hydrogen) atoms. The number of amides is 1. The molecular formula is C14H27N3O3S. The number of nitrogens with two attached hydrogens (primary N) is 1. The van der Waals surface area contributed by atoms with E-state index in [1.807, 2.05) is 4.90 Å². The summed E-state index contributed by atoms with van der Waals surface area (Å²) < 4.78 is 25.1. The molecule has 2 aliphatic rings. The lowest BCUT2D eigenvalue weighted by Gasteiger charge is -2.36. The largest absolute Gasteiger partial charge is 0.342 e. The predicted molar refractivity (Wildman–Crippen MR) is 82.1 cm³/mol. The van der Waals surface area contributed by atoms with Gasteiger partial charge in [-0.2, -0.15) is 0 Å². The molecule has 0 aromatic heterocycles. The van der Waals surface area contributed by atoms with Gasteiger partial charge >= 0.3 is 0 Å². The fourth-order valence-electron chi connectivity index (χ4n) is 3.42. The van der Waals surface area contributed by atoms with E-state index in [1.165, 1.54) is 6.26 Å². The van der Waals surface area contributed by atoms with Crippen LogP contribution in [0.5, 0.6) is 0 Å². The maximum atomic E-state index is 12.5. The van der Waals surface area contributed by atoms with Gasteiger partial charge in [-0.1, -0.05) is 0 Å². The summed E-state index contributed by atoms with van der Waals surface area (Å²) in [6.07, 6.45) is 6.59. The highest BCUT2D eigenvalue weighted by Crippen LogP contribution is 2.30. The van der Waals surface area contributed by atoms with Crippen molar-refractivity contribution in [2.24, 2.45) is 17.6 Å². The highest BCUT2D eigenvalue weighted by molar-refractivity contribution is 7.88. The lowest BCUT2D eigenvalue weighted by atomic mass is 9.81. The van der Waals surface area contributed by atoms with E-state index in [4.69, 9.17) is 5.73 Å². The van der Waals surface area contributed by atoms with Crippen LogP contribution >= 0.6 is 0 Å². The van der Waals surface area contributed by atoms with Gasteiger partial charge in [0, 0.05) is 25.0 Å². The number of rotatable bonds is 4. The first-order chi connectivity index (χ1) is 9.89. The number of nitrogens with zero attached hydrogens (tertiary/aromatic N) is 1. The third-order valence-corrected chi connectivity index (χ3v) is 5.48. The normalized spacial score (nSPS) is 28.6. The lowest BCUT2D eigenvalue weighted by molar-refractivity contribution is -0.137. The van der Waals surface area contributed by atoms with Crippen LogP contribution in [0.2, 0.25) is 0 Å². The molecule has 1 saturated carbocycles. The average Bonchev–Trinajstić information content (AvgIpc) is 2.46. The van der Waals surface area contributed by atoms with Gasteiger partial charge in [-0.3, -0.25) is 4.79 Å². The van der Waals surface area contributed by atoms with Crippen molar-refractivity contribution in [2.45, 2.75) is 44.6 Å². The summed E-state index contributed by atoms with van der Waals surface area (Å²) in [5.74, 6) is 0.981. The molecular weight excluding hydrogens is 290 g/mol. The molecule has 7 heteroatoms. The number of carbonyl (C=O) groups excluding carboxylic acids is 1. The summed E-state index contributed by atoms with van der Waals surface area (Å²) in [7, 11) is -3.16. The molecule has 1 aliphatic heterocycles. The standard InChI is InChI=1S/C14H27N3O3S/c1-21(19,20)16-13-6-8-17(9-7-13)14(18)12-4-2-11(10-15)3-5-12/h11-13,16H,2-10,15H2,1H3. The van der Waals surface area contributed by atoms with Crippen molar-refractivity contribution in [3.63, 3.8) is 0 Å². The monoisotopic (exact) mass is 317 g/mol. The lowest BCUT2D eigenvalue weighted by Crippen LogP contribution is -2.48. The number of carbonyl (C=O) groups is 1. The number of piperidine rings is 1. The van der Waals surface area contributed by atoms with Gasteiger partial charge in [0.25, 0.3) is 0 Å². The van der Waals surface area contributed by atoms with E-state index in [1.54, 1.807) is 0 Å². The van der Waals surface area contributed by atoms with Crippen LogP contribution in [-0.2, 0) is 14.8 Å². The van der Waals surface area contributed by atoms with Gasteiger partial charge in [-0.05, 0) is 51.0 Å². The molecule has 0 spiro atoms. The van der Waals surface area contributed by atoms with Gasteiger partial charge in [-0.15, -0.1) is 0 Å². The molecule has 1 aliphatic carbocycles. The minimum Gasteiger partial charge on any atom is -0.342 e. The van der Waals surface area contributed by atoms with Crippen molar-refractivity contribution in [1.29, 1.82) is 0 Å². The van der Waals surface area contributed by atoms with Crippen LogP contribution in [0.15, 0.2) is 0 Å². The Kier molecular flexibility index (Phi) is 5.62. The molecule has 0 atom stereocenters. The molecule has 0 bridgehead atoms. The van der Waals surface area contributed by atoms with Crippen molar-refractivity contribution in [1.82, 2.24) is 9.62 Å². The van der Waals surface area contributed by atoms with Gasteiger partial charge in [0.05, 0.1) is 6.26 Å². The molecule has 2 rings (SSSR count). The number of nitrogens with one attached hydrogen (secondary N) is 1. The molecule has 122 valence electrons. The fraction of sp³-hybridized carbons (Fsp3) is 0.929. The van der Waals surface area contributed by atoms with E-state index in [9.17, 15) is 13.2 Å². The highest BCUT2D eigenvalue weighted by atomic mass is 32.2. The Bertz CT molecular complexity index is 450. The van der Waals surface area contributed by atoms with E-state index in [2.05, 4.69) is 4.72 Å². The second kappa shape index (κ2) is 7.07. The van der Waals surface area contributed by atoms with Gasteiger partial charge in [0.1, 0.15) is 0 Å². The first-order valence-corrected chi connectivity index (χ1v) is 9.74. The molecule has 1 amide bonds. The fourth-order valence-corrected chi connectivity index (χ4v) is 4.26. The van der Waals surface area contributed by atoms with Crippen LogP contribution in [0.4, 0.5) is 0 Å². The van der Waals surface area contributed by atoms with Crippen molar-refractivity contribution in [2.75, 3.05) is 25.9 Å². The maximum Gasteiger partial charge on any atom is 0.225 e. The molecule has 0 aromatic rings. The molecule has 2 fully saturated rings. The maximum absolute atomic E-state index is 12.5. The van der Waals surface area contributed by atoms with E-state index < -0.39 is 10.0 Å². The second-order valence-electron chi connectivity index (χ2n) is 6.44. The first kappa shape index (κ1) is 16.7. The molecule has 3 N–H and O–H groups in total. The quantitative estimate of drug-likeness (QED) is 0.779. The molecule has 0 radical (unpaired) electrons. The average molecular weight is 317 g/mol. The molecule has 1 heterocycles.